The van der Waals surface area contributed by atoms with Crippen LogP contribution in [0.25, 0.3) is 11.3 Å². The van der Waals surface area contributed by atoms with Gasteiger partial charge >= 0.3 is 0 Å². The molecule has 31 heavy (non-hydrogen) atoms. The number of anilines is 2. The van der Waals surface area contributed by atoms with E-state index >= 15 is 0 Å². The molecule has 1 unspecified atom stereocenters. The molecule has 1 aromatic heterocycles. The fraction of sp³-hybridized carbons (Fsp3) is 0.217. The maximum absolute atomic E-state index is 13.1. The third-order valence-corrected chi connectivity index (χ3v) is 5.23. The second-order valence-electron chi connectivity index (χ2n) is 7.07. The fourth-order valence-corrected chi connectivity index (χ4v) is 3.36. The Morgan fingerprint density at radius 2 is 1.77 bits per heavy atom. The van der Waals surface area contributed by atoms with E-state index in [-0.39, 0.29) is 11.6 Å². The van der Waals surface area contributed by atoms with Gasteiger partial charge in [0.2, 0.25) is 11.8 Å². The maximum Gasteiger partial charge on any atom is 0.291 e. The highest BCUT2D eigenvalue weighted by molar-refractivity contribution is 6.31. The van der Waals surface area contributed by atoms with Gasteiger partial charge in [-0.3, -0.25) is 14.4 Å². The van der Waals surface area contributed by atoms with Gasteiger partial charge in [0.25, 0.3) is 5.56 Å². The van der Waals surface area contributed by atoms with Crippen molar-refractivity contribution in [2.45, 2.75) is 33.2 Å². The van der Waals surface area contributed by atoms with E-state index < -0.39 is 17.5 Å². The molecule has 1 atom stereocenters. The van der Waals surface area contributed by atoms with E-state index in [0.29, 0.717) is 22.8 Å². The zero-order valence-electron chi connectivity index (χ0n) is 17.5. The van der Waals surface area contributed by atoms with Crippen LogP contribution in [0, 0.1) is 6.92 Å². The average molecular weight is 439 g/mol. The molecule has 0 saturated heterocycles. The number of halogens is 1. The van der Waals surface area contributed by atoms with Crippen LogP contribution in [0.2, 0.25) is 5.02 Å². The van der Waals surface area contributed by atoms with Crippen LogP contribution in [0.15, 0.2) is 59.4 Å². The highest BCUT2D eigenvalue weighted by atomic mass is 35.5. The van der Waals surface area contributed by atoms with Gasteiger partial charge in [0.1, 0.15) is 11.7 Å². The molecule has 2 amide bonds. The maximum atomic E-state index is 13.1. The SMILES string of the molecule is CCC(C(=O)Nc1cccc(Cl)c1C)n1nc(-c2ccccc2)cc(NC(C)=O)c1=O. The Morgan fingerprint density at radius 1 is 1.06 bits per heavy atom. The largest absolute Gasteiger partial charge is 0.324 e. The molecule has 1 heterocycles. The second kappa shape index (κ2) is 9.57. The van der Waals surface area contributed by atoms with Crippen molar-refractivity contribution in [1.29, 1.82) is 0 Å². The number of hydrogen-bond donors (Lipinski definition) is 2. The van der Waals surface area contributed by atoms with E-state index in [1.54, 1.807) is 32.0 Å². The summed E-state index contributed by atoms with van der Waals surface area (Å²) in [6.45, 7) is 4.91. The standard InChI is InChI=1S/C23H23ClN4O3/c1-4-21(22(30)26-18-12-8-11-17(24)14(18)2)28-23(31)20(25-15(3)29)13-19(27-28)16-9-6-5-7-10-16/h5-13,21H,4H2,1-3H3,(H,25,29)(H,26,30). The lowest BCUT2D eigenvalue weighted by Gasteiger charge is -2.20. The van der Waals surface area contributed by atoms with Crippen LogP contribution in [-0.4, -0.2) is 21.6 Å². The zero-order chi connectivity index (χ0) is 22.5. The predicted molar refractivity (Wildman–Crippen MR) is 122 cm³/mol. The van der Waals surface area contributed by atoms with Gasteiger partial charge < -0.3 is 10.6 Å². The Hall–Kier alpha value is -3.45. The monoisotopic (exact) mass is 438 g/mol. The van der Waals surface area contributed by atoms with E-state index in [0.717, 1.165) is 15.8 Å². The summed E-state index contributed by atoms with van der Waals surface area (Å²) in [6, 6.07) is 15.1. The minimum Gasteiger partial charge on any atom is -0.324 e. The molecule has 7 nitrogen and oxygen atoms in total. The molecule has 3 rings (SSSR count). The minimum absolute atomic E-state index is 0.0616. The summed E-state index contributed by atoms with van der Waals surface area (Å²) in [6.07, 6.45) is 0.316. The van der Waals surface area contributed by atoms with Crippen molar-refractivity contribution in [2.24, 2.45) is 0 Å². The Kier molecular flexibility index (Phi) is 6.87. The molecule has 0 bridgehead atoms. The second-order valence-corrected chi connectivity index (χ2v) is 7.47. The molecule has 8 heteroatoms. The van der Waals surface area contributed by atoms with Crippen molar-refractivity contribution in [2.75, 3.05) is 10.6 Å². The van der Waals surface area contributed by atoms with Crippen molar-refractivity contribution in [3.05, 3.63) is 75.5 Å². The van der Waals surface area contributed by atoms with Crippen molar-refractivity contribution < 1.29 is 9.59 Å². The number of amides is 2. The number of benzene rings is 2. The van der Waals surface area contributed by atoms with Gasteiger partial charge in [-0.2, -0.15) is 5.10 Å². The molecule has 2 aromatic carbocycles. The molecule has 2 N–H and O–H groups in total. The van der Waals surface area contributed by atoms with Crippen LogP contribution in [0.1, 0.15) is 31.9 Å². The van der Waals surface area contributed by atoms with Crippen LogP contribution < -0.4 is 16.2 Å². The fourth-order valence-electron chi connectivity index (χ4n) is 3.18. The topological polar surface area (TPSA) is 93.1 Å². The van der Waals surface area contributed by atoms with Gasteiger partial charge in [-0.25, -0.2) is 4.68 Å². The Labute approximate surface area is 185 Å². The first kappa shape index (κ1) is 22.2. The molecule has 0 fully saturated rings. The number of aromatic nitrogens is 2. The lowest BCUT2D eigenvalue weighted by Crippen LogP contribution is -2.36. The molecule has 0 aliphatic rings. The summed E-state index contributed by atoms with van der Waals surface area (Å²) >= 11 is 6.15. The molecule has 0 aliphatic carbocycles. The normalized spacial score (nSPS) is 11.6. The summed E-state index contributed by atoms with van der Waals surface area (Å²) in [4.78, 5) is 37.8. The highest BCUT2D eigenvalue weighted by Gasteiger charge is 2.24. The number of carbonyl (C=O) groups is 2. The first-order valence-electron chi connectivity index (χ1n) is 9.84. The van der Waals surface area contributed by atoms with Gasteiger partial charge in [-0.1, -0.05) is 54.9 Å². The number of nitrogens with zero attached hydrogens (tertiary/aromatic N) is 2. The van der Waals surface area contributed by atoms with Crippen LogP contribution in [0.3, 0.4) is 0 Å². The molecule has 3 aromatic rings. The third kappa shape index (κ3) is 5.00. The van der Waals surface area contributed by atoms with E-state index in [1.807, 2.05) is 30.3 Å². The number of rotatable bonds is 6. The number of nitrogens with one attached hydrogen (secondary N) is 2. The smallest absolute Gasteiger partial charge is 0.291 e. The summed E-state index contributed by atoms with van der Waals surface area (Å²) in [5.41, 5.74) is 2.01. The third-order valence-electron chi connectivity index (χ3n) is 4.83. The predicted octanol–water partition coefficient (Wildman–Crippen LogP) is 4.42. The van der Waals surface area contributed by atoms with Crippen molar-refractivity contribution in [1.82, 2.24) is 9.78 Å². The lowest BCUT2D eigenvalue weighted by atomic mass is 10.1. The average Bonchev–Trinajstić information content (AvgIpc) is 2.74. The first-order chi connectivity index (χ1) is 14.8. The van der Waals surface area contributed by atoms with Crippen molar-refractivity contribution in [3.8, 4) is 11.3 Å². The summed E-state index contributed by atoms with van der Waals surface area (Å²) in [5, 5.41) is 10.4. The van der Waals surface area contributed by atoms with Crippen LogP contribution >= 0.6 is 11.6 Å². The summed E-state index contributed by atoms with van der Waals surface area (Å²) in [7, 11) is 0. The molecule has 0 aliphatic heterocycles. The minimum atomic E-state index is -0.887. The molecular formula is C23H23ClN4O3. The van der Waals surface area contributed by atoms with E-state index in [4.69, 9.17) is 11.6 Å². The molecule has 0 spiro atoms. The first-order valence-corrected chi connectivity index (χ1v) is 10.2. The number of hydrogen-bond acceptors (Lipinski definition) is 4. The molecule has 160 valence electrons. The summed E-state index contributed by atoms with van der Waals surface area (Å²) < 4.78 is 1.13. The van der Waals surface area contributed by atoms with E-state index in [1.165, 1.54) is 13.0 Å². The van der Waals surface area contributed by atoms with Crippen LogP contribution in [-0.2, 0) is 9.59 Å². The Bertz CT molecular complexity index is 1180. The highest BCUT2D eigenvalue weighted by Crippen LogP contribution is 2.25. The summed E-state index contributed by atoms with van der Waals surface area (Å²) in [5.74, 6) is -0.789. The van der Waals surface area contributed by atoms with Crippen LogP contribution in [0.5, 0.6) is 0 Å². The van der Waals surface area contributed by atoms with Gasteiger partial charge in [0, 0.05) is 23.2 Å². The van der Waals surface area contributed by atoms with Crippen molar-refractivity contribution >= 4 is 34.8 Å². The molecular weight excluding hydrogens is 416 g/mol. The van der Waals surface area contributed by atoms with Gasteiger partial charge in [0.15, 0.2) is 0 Å². The van der Waals surface area contributed by atoms with Crippen LogP contribution in [0.4, 0.5) is 11.4 Å². The molecule has 0 radical (unpaired) electrons. The number of carbonyl (C=O) groups excluding carboxylic acids is 2. The Morgan fingerprint density at radius 3 is 2.42 bits per heavy atom. The quantitative estimate of drug-likeness (QED) is 0.595. The van der Waals surface area contributed by atoms with Gasteiger partial charge in [0.05, 0.1) is 5.69 Å². The molecule has 0 saturated carbocycles. The van der Waals surface area contributed by atoms with E-state index in [9.17, 15) is 14.4 Å². The zero-order valence-corrected chi connectivity index (χ0v) is 18.2. The Balaban J connectivity index is 2.07. The van der Waals surface area contributed by atoms with Crippen molar-refractivity contribution in [3.63, 3.8) is 0 Å². The van der Waals surface area contributed by atoms with Gasteiger partial charge in [-0.05, 0) is 37.1 Å². The van der Waals surface area contributed by atoms with Gasteiger partial charge in [-0.15, -0.1) is 0 Å². The lowest BCUT2D eigenvalue weighted by molar-refractivity contribution is -0.119. The van der Waals surface area contributed by atoms with E-state index in [2.05, 4.69) is 15.7 Å².